The second kappa shape index (κ2) is 7.78. The molecule has 0 amide bonds. The van der Waals surface area contributed by atoms with Crippen LogP contribution in [0, 0.1) is 0 Å². The van der Waals surface area contributed by atoms with Crippen LogP contribution in [0.4, 0.5) is 0 Å². The third-order valence-corrected chi connectivity index (χ3v) is 7.24. The largest absolute Gasteiger partial charge is 0.373 e. The summed E-state index contributed by atoms with van der Waals surface area (Å²) >= 11 is 0. The van der Waals surface area contributed by atoms with Crippen LogP contribution >= 0.6 is 8.45 Å². The van der Waals surface area contributed by atoms with Crippen LogP contribution in [0.25, 0.3) is 0 Å². The average molecular weight is 264 g/mol. The minimum absolute atomic E-state index is 0.548. The zero-order valence-electron chi connectivity index (χ0n) is 12.1. The smallest absolute Gasteiger partial charge is 0.191 e. The lowest BCUT2D eigenvalue weighted by Crippen LogP contribution is -2.35. The first-order chi connectivity index (χ1) is 7.39. The fourth-order valence-electron chi connectivity index (χ4n) is 1.47. The van der Waals surface area contributed by atoms with Crippen molar-refractivity contribution in [2.45, 2.75) is 47.3 Å². The first kappa shape index (κ1) is 16.5. The highest BCUT2D eigenvalue weighted by atomic mass is 31.2. The molecule has 0 unspecified atom stereocenters. The molecule has 0 bridgehead atoms. The van der Waals surface area contributed by atoms with Crippen LogP contribution in [0.1, 0.15) is 27.7 Å². The molecular formula is C11H29N2OPSi. The number of hydrogen-bond donors (Lipinski definition) is 0. The van der Waals surface area contributed by atoms with Gasteiger partial charge in [0, 0.05) is 26.2 Å². The van der Waals surface area contributed by atoms with Crippen LogP contribution in [0.5, 0.6) is 0 Å². The molecule has 0 rings (SSSR count). The lowest BCUT2D eigenvalue weighted by Gasteiger charge is -2.39. The van der Waals surface area contributed by atoms with Crippen LogP contribution in [0.2, 0.25) is 19.6 Å². The van der Waals surface area contributed by atoms with Gasteiger partial charge in [-0.25, -0.2) is 9.34 Å². The zero-order valence-corrected chi connectivity index (χ0v) is 14.0. The Morgan fingerprint density at radius 2 is 1.12 bits per heavy atom. The Morgan fingerprint density at radius 1 is 0.812 bits per heavy atom. The van der Waals surface area contributed by atoms with E-state index in [-0.39, 0.29) is 0 Å². The molecule has 0 radical (unpaired) electrons. The molecule has 5 heteroatoms. The Kier molecular flexibility index (Phi) is 8.03. The van der Waals surface area contributed by atoms with E-state index in [0.29, 0.717) is 0 Å². The molecule has 0 aromatic rings. The van der Waals surface area contributed by atoms with Gasteiger partial charge in [0.2, 0.25) is 0 Å². The first-order valence-corrected chi connectivity index (χ1v) is 11.0. The summed E-state index contributed by atoms with van der Waals surface area (Å²) in [5, 5.41) is 0. The summed E-state index contributed by atoms with van der Waals surface area (Å²) < 4.78 is 11.3. The second-order valence-corrected chi connectivity index (χ2v) is 11.3. The minimum Gasteiger partial charge on any atom is -0.373 e. The van der Waals surface area contributed by atoms with E-state index in [1.807, 2.05) is 0 Å². The molecule has 0 heterocycles. The molecular weight excluding hydrogens is 235 g/mol. The van der Waals surface area contributed by atoms with Crippen LogP contribution in [-0.2, 0) is 4.21 Å². The van der Waals surface area contributed by atoms with E-state index in [0.717, 1.165) is 26.2 Å². The van der Waals surface area contributed by atoms with Crippen molar-refractivity contribution in [2.24, 2.45) is 0 Å². The van der Waals surface area contributed by atoms with E-state index in [4.69, 9.17) is 4.21 Å². The van der Waals surface area contributed by atoms with Gasteiger partial charge in [0.15, 0.2) is 16.8 Å². The van der Waals surface area contributed by atoms with Gasteiger partial charge in [0.25, 0.3) is 0 Å². The summed E-state index contributed by atoms with van der Waals surface area (Å²) in [6.07, 6.45) is 0. The van der Waals surface area contributed by atoms with Gasteiger partial charge in [0.05, 0.1) is 0 Å². The van der Waals surface area contributed by atoms with Gasteiger partial charge in [-0.15, -0.1) is 0 Å². The van der Waals surface area contributed by atoms with Gasteiger partial charge in [0.1, 0.15) is 0 Å². The molecule has 0 atom stereocenters. The molecule has 98 valence electrons. The monoisotopic (exact) mass is 264 g/mol. The van der Waals surface area contributed by atoms with Crippen molar-refractivity contribution in [3.05, 3.63) is 0 Å². The molecule has 0 aromatic heterocycles. The molecule has 0 saturated heterocycles. The molecule has 0 spiro atoms. The standard InChI is InChI=1S/C11H29N2OPSi/c1-8-12(9-2)15(13(10-3)11-4)14-16(5,6)7/h8-11H2,1-7H3. The Labute approximate surface area is 104 Å². The molecule has 0 fully saturated rings. The van der Waals surface area contributed by atoms with E-state index in [1.54, 1.807) is 0 Å². The Bertz CT molecular complexity index is 167. The minimum atomic E-state index is -1.47. The molecule has 0 N–H and O–H groups in total. The van der Waals surface area contributed by atoms with Crippen LogP contribution in [0.15, 0.2) is 0 Å². The fourth-order valence-corrected chi connectivity index (χ4v) is 5.68. The molecule has 0 aliphatic carbocycles. The predicted octanol–water partition coefficient (Wildman–Crippen LogP) is 3.75. The van der Waals surface area contributed by atoms with Crippen molar-refractivity contribution in [2.75, 3.05) is 26.2 Å². The first-order valence-electron chi connectivity index (χ1n) is 6.38. The van der Waals surface area contributed by atoms with E-state index in [2.05, 4.69) is 56.7 Å². The molecule has 0 aliphatic rings. The summed E-state index contributed by atoms with van der Waals surface area (Å²) in [7, 11) is -2.01. The third-order valence-electron chi connectivity index (χ3n) is 2.30. The van der Waals surface area contributed by atoms with Crippen LogP contribution in [0.3, 0.4) is 0 Å². The van der Waals surface area contributed by atoms with Gasteiger partial charge in [-0.2, -0.15) is 0 Å². The summed E-state index contributed by atoms with van der Waals surface area (Å²) in [4.78, 5) is 0. The fraction of sp³-hybridized carbons (Fsp3) is 1.00. The Morgan fingerprint density at radius 3 is 1.31 bits per heavy atom. The van der Waals surface area contributed by atoms with E-state index in [9.17, 15) is 0 Å². The van der Waals surface area contributed by atoms with E-state index < -0.39 is 16.8 Å². The highest BCUT2D eigenvalue weighted by Crippen LogP contribution is 2.47. The van der Waals surface area contributed by atoms with Gasteiger partial charge in [-0.3, -0.25) is 0 Å². The Hall–Kier alpha value is 0.527. The van der Waals surface area contributed by atoms with E-state index in [1.165, 1.54) is 0 Å². The molecule has 0 aromatic carbocycles. The maximum atomic E-state index is 6.38. The van der Waals surface area contributed by atoms with Crippen molar-refractivity contribution in [3.63, 3.8) is 0 Å². The number of nitrogens with zero attached hydrogens (tertiary/aromatic N) is 2. The van der Waals surface area contributed by atoms with Crippen molar-refractivity contribution in [1.29, 1.82) is 0 Å². The quantitative estimate of drug-likeness (QED) is 0.490. The molecule has 0 saturated carbocycles. The zero-order chi connectivity index (χ0) is 12.8. The highest BCUT2D eigenvalue weighted by molar-refractivity contribution is 7.49. The topological polar surface area (TPSA) is 15.7 Å². The predicted molar refractivity (Wildman–Crippen MR) is 77.2 cm³/mol. The molecule has 16 heavy (non-hydrogen) atoms. The van der Waals surface area contributed by atoms with Gasteiger partial charge in [-0.1, -0.05) is 27.7 Å². The lowest BCUT2D eigenvalue weighted by atomic mass is 10.7. The summed E-state index contributed by atoms with van der Waals surface area (Å²) in [6.45, 7) is 20.0. The van der Waals surface area contributed by atoms with Gasteiger partial charge in [-0.05, 0) is 19.6 Å². The van der Waals surface area contributed by atoms with Crippen LogP contribution < -0.4 is 0 Å². The van der Waals surface area contributed by atoms with Gasteiger partial charge < -0.3 is 4.21 Å². The highest BCUT2D eigenvalue weighted by Gasteiger charge is 2.29. The SMILES string of the molecule is CCN(CC)P(O[Si](C)(C)C)N(CC)CC. The molecule has 3 nitrogen and oxygen atoms in total. The van der Waals surface area contributed by atoms with Gasteiger partial charge >= 0.3 is 0 Å². The summed E-state index contributed by atoms with van der Waals surface area (Å²) in [6, 6.07) is 0. The third kappa shape index (κ3) is 5.74. The average Bonchev–Trinajstić information content (AvgIpc) is 2.19. The maximum absolute atomic E-state index is 6.38. The molecule has 0 aliphatic heterocycles. The summed E-state index contributed by atoms with van der Waals surface area (Å²) in [5.41, 5.74) is 0. The second-order valence-electron chi connectivity index (χ2n) is 4.73. The van der Waals surface area contributed by atoms with Crippen molar-refractivity contribution in [1.82, 2.24) is 9.34 Å². The Balaban J connectivity index is 4.73. The number of hydrogen-bond acceptors (Lipinski definition) is 3. The normalized spacial score (nSPS) is 13.1. The summed E-state index contributed by atoms with van der Waals surface area (Å²) in [5.74, 6) is 0. The van der Waals surface area contributed by atoms with Crippen molar-refractivity contribution in [3.8, 4) is 0 Å². The maximum Gasteiger partial charge on any atom is 0.191 e. The van der Waals surface area contributed by atoms with Crippen molar-refractivity contribution >= 4 is 16.8 Å². The number of rotatable bonds is 8. The van der Waals surface area contributed by atoms with Crippen LogP contribution in [-0.4, -0.2) is 43.8 Å². The van der Waals surface area contributed by atoms with Crippen molar-refractivity contribution < 1.29 is 4.21 Å². The van der Waals surface area contributed by atoms with E-state index >= 15 is 0 Å². The lowest BCUT2D eigenvalue weighted by molar-refractivity contribution is 0.359.